The highest BCUT2D eigenvalue weighted by Gasteiger charge is 2.14. The number of fused-ring (bicyclic) bond motifs is 1. The molecule has 0 saturated heterocycles. The normalized spacial score (nSPS) is 15.5. The molecular formula is C13H16N2O. The molecule has 3 heteroatoms. The van der Waals surface area contributed by atoms with Crippen molar-refractivity contribution in [2.24, 2.45) is 0 Å². The van der Waals surface area contributed by atoms with Gasteiger partial charge in [0.2, 0.25) is 0 Å². The van der Waals surface area contributed by atoms with Gasteiger partial charge in [0.25, 0.3) is 0 Å². The van der Waals surface area contributed by atoms with Crippen LogP contribution in [-0.4, -0.2) is 12.6 Å². The Kier molecular flexibility index (Phi) is 3.31. The fourth-order valence-corrected chi connectivity index (χ4v) is 1.96. The third-order valence-electron chi connectivity index (χ3n) is 2.74. The molecule has 16 heavy (non-hydrogen) atoms. The summed E-state index contributed by atoms with van der Waals surface area (Å²) >= 11 is 0. The van der Waals surface area contributed by atoms with Crippen LogP contribution in [0.4, 0.5) is 5.69 Å². The Labute approximate surface area is 96.0 Å². The standard InChI is InChI=1S/C13H16N2O/c1-10(7-8-14)16-12-6-2-4-11-5-3-9-15-13(11)12/h2,4,6,10,15H,3,5,7,9H2,1H3. The molecule has 0 spiro atoms. The van der Waals surface area contributed by atoms with Gasteiger partial charge in [0.05, 0.1) is 18.2 Å². The zero-order valence-corrected chi connectivity index (χ0v) is 9.49. The van der Waals surface area contributed by atoms with E-state index in [-0.39, 0.29) is 6.10 Å². The van der Waals surface area contributed by atoms with Gasteiger partial charge in [-0.05, 0) is 31.4 Å². The second kappa shape index (κ2) is 4.89. The molecule has 0 amide bonds. The van der Waals surface area contributed by atoms with Crippen molar-refractivity contribution in [3.05, 3.63) is 23.8 Å². The van der Waals surface area contributed by atoms with Crippen LogP contribution >= 0.6 is 0 Å². The van der Waals surface area contributed by atoms with Gasteiger partial charge in [-0.2, -0.15) is 5.26 Å². The summed E-state index contributed by atoms with van der Waals surface area (Å²) in [5.74, 6) is 0.875. The molecule has 0 aliphatic carbocycles. The van der Waals surface area contributed by atoms with Gasteiger partial charge in [0, 0.05) is 6.54 Å². The van der Waals surface area contributed by atoms with Crippen molar-refractivity contribution in [2.45, 2.75) is 32.3 Å². The minimum Gasteiger partial charge on any atom is -0.487 e. The average molecular weight is 216 g/mol. The second-order valence-corrected chi connectivity index (χ2v) is 4.11. The fourth-order valence-electron chi connectivity index (χ4n) is 1.96. The van der Waals surface area contributed by atoms with Crippen molar-refractivity contribution in [3.63, 3.8) is 0 Å². The molecule has 3 nitrogen and oxygen atoms in total. The number of benzene rings is 1. The number of nitriles is 1. The zero-order chi connectivity index (χ0) is 11.4. The van der Waals surface area contributed by atoms with E-state index in [9.17, 15) is 0 Å². The number of nitrogens with one attached hydrogen (secondary N) is 1. The van der Waals surface area contributed by atoms with Crippen LogP contribution in [0.1, 0.15) is 25.3 Å². The van der Waals surface area contributed by atoms with Crippen LogP contribution in [0.5, 0.6) is 5.75 Å². The highest BCUT2D eigenvalue weighted by Crippen LogP contribution is 2.32. The summed E-state index contributed by atoms with van der Waals surface area (Å²) in [6, 6.07) is 8.23. The van der Waals surface area contributed by atoms with E-state index >= 15 is 0 Å². The van der Waals surface area contributed by atoms with Crippen molar-refractivity contribution < 1.29 is 4.74 Å². The van der Waals surface area contributed by atoms with Crippen molar-refractivity contribution >= 4 is 5.69 Å². The molecule has 1 N–H and O–H groups in total. The highest BCUT2D eigenvalue weighted by molar-refractivity contribution is 5.63. The molecular weight excluding hydrogens is 200 g/mol. The maximum Gasteiger partial charge on any atom is 0.143 e. The summed E-state index contributed by atoms with van der Waals surface area (Å²) in [5.41, 5.74) is 2.42. The molecule has 1 unspecified atom stereocenters. The largest absolute Gasteiger partial charge is 0.487 e. The lowest BCUT2D eigenvalue weighted by molar-refractivity contribution is 0.228. The Balaban J connectivity index is 2.18. The minimum absolute atomic E-state index is 0.0553. The predicted octanol–water partition coefficient (Wildman–Crippen LogP) is 2.73. The van der Waals surface area contributed by atoms with Crippen LogP contribution in [0, 0.1) is 11.3 Å². The van der Waals surface area contributed by atoms with Gasteiger partial charge in [-0.3, -0.25) is 0 Å². The van der Waals surface area contributed by atoms with E-state index in [2.05, 4.69) is 17.5 Å². The molecule has 2 rings (SSSR count). The Morgan fingerprint density at radius 2 is 2.44 bits per heavy atom. The van der Waals surface area contributed by atoms with Crippen LogP contribution in [0.15, 0.2) is 18.2 Å². The van der Waals surface area contributed by atoms with E-state index in [0.29, 0.717) is 6.42 Å². The number of anilines is 1. The Morgan fingerprint density at radius 3 is 3.25 bits per heavy atom. The van der Waals surface area contributed by atoms with Crippen molar-refractivity contribution in [2.75, 3.05) is 11.9 Å². The molecule has 84 valence electrons. The maximum atomic E-state index is 8.61. The number of rotatable bonds is 3. The van der Waals surface area contributed by atoms with Crippen LogP contribution in [0.2, 0.25) is 0 Å². The lowest BCUT2D eigenvalue weighted by Gasteiger charge is -2.22. The van der Waals surface area contributed by atoms with Gasteiger partial charge in [-0.25, -0.2) is 0 Å². The van der Waals surface area contributed by atoms with Crippen LogP contribution in [-0.2, 0) is 6.42 Å². The SMILES string of the molecule is CC(CC#N)Oc1cccc2c1NCCC2. The molecule has 0 fully saturated rings. The molecule has 1 aromatic carbocycles. The third-order valence-corrected chi connectivity index (χ3v) is 2.74. The quantitative estimate of drug-likeness (QED) is 0.845. The Hall–Kier alpha value is -1.69. The summed E-state index contributed by atoms with van der Waals surface area (Å²) in [6.07, 6.45) is 2.64. The van der Waals surface area contributed by atoms with Crippen molar-refractivity contribution in [3.8, 4) is 11.8 Å². The topological polar surface area (TPSA) is 45.0 Å². The number of nitrogens with zero attached hydrogens (tertiary/aromatic N) is 1. The summed E-state index contributed by atoms with van der Waals surface area (Å²) in [4.78, 5) is 0. The monoisotopic (exact) mass is 216 g/mol. The van der Waals surface area contributed by atoms with E-state index < -0.39 is 0 Å². The second-order valence-electron chi connectivity index (χ2n) is 4.11. The molecule has 0 saturated carbocycles. The lowest BCUT2D eigenvalue weighted by atomic mass is 10.0. The van der Waals surface area contributed by atoms with Gasteiger partial charge in [0.15, 0.2) is 0 Å². The average Bonchev–Trinajstić information content (AvgIpc) is 2.30. The number of hydrogen-bond acceptors (Lipinski definition) is 3. The molecule has 1 aliphatic heterocycles. The summed E-state index contributed by atoms with van der Waals surface area (Å²) in [6.45, 7) is 2.92. The lowest BCUT2D eigenvalue weighted by Crippen LogP contribution is -2.16. The van der Waals surface area contributed by atoms with E-state index in [1.165, 1.54) is 12.0 Å². The molecule has 1 aromatic rings. The van der Waals surface area contributed by atoms with E-state index in [4.69, 9.17) is 10.00 Å². The third kappa shape index (κ3) is 2.27. The van der Waals surface area contributed by atoms with Gasteiger partial charge in [-0.15, -0.1) is 0 Å². The maximum absolute atomic E-state index is 8.61. The molecule has 0 aromatic heterocycles. The minimum atomic E-state index is -0.0553. The fraction of sp³-hybridized carbons (Fsp3) is 0.462. The first-order chi connectivity index (χ1) is 7.81. The first kappa shape index (κ1) is 10.8. The van der Waals surface area contributed by atoms with Crippen LogP contribution in [0.3, 0.4) is 0 Å². The van der Waals surface area contributed by atoms with Crippen molar-refractivity contribution in [1.29, 1.82) is 5.26 Å². The summed E-state index contributed by atoms with van der Waals surface area (Å²) in [7, 11) is 0. The number of ether oxygens (including phenoxy) is 1. The number of aryl methyl sites for hydroxylation is 1. The van der Waals surface area contributed by atoms with Gasteiger partial charge < -0.3 is 10.1 Å². The number of para-hydroxylation sites is 1. The van der Waals surface area contributed by atoms with Gasteiger partial charge >= 0.3 is 0 Å². The van der Waals surface area contributed by atoms with E-state index in [1.54, 1.807) is 0 Å². The summed E-state index contributed by atoms with van der Waals surface area (Å²) in [5, 5.41) is 12.0. The smallest absolute Gasteiger partial charge is 0.143 e. The summed E-state index contributed by atoms with van der Waals surface area (Å²) < 4.78 is 5.77. The molecule has 1 heterocycles. The number of hydrogen-bond donors (Lipinski definition) is 1. The first-order valence-electron chi connectivity index (χ1n) is 5.70. The molecule has 1 aliphatic rings. The van der Waals surface area contributed by atoms with E-state index in [1.807, 2.05) is 19.1 Å². The Morgan fingerprint density at radius 1 is 1.56 bits per heavy atom. The van der Waals surface area contributed by atoms with Crippen LogP contribution in [0.25, 0.3) is 0 Å². The van der Waals surface area contributed by atoms with Crippen molar-refractivity contribution in [1.82, 2.24) is 0 Å². The highest BCUT2D eigenvalue weighted by atomic mass is 16.5. The predicted molar refractivity (Wildman–Crippen MR) is 63.6 cm³/mol. The zero-order valence-electron chi connectivity index (χ0n) is 9.49. The molecule has 0 radical (unpaired) electrons. The van der Waals surface area contributed by atoms with E-state index in [0.717, 1.165) is 24.4 Å². The molecule has 1 atom stereocenters. The molecule has 0 bridgehead atoms. The van der Waals surface area contributed by atoms with Gasteiger partial charge in [0.1, 0.15) is 11.9 Å². The van der Waals surface area contributed by atoms with Gasteiger partial charge in [-0.1, -0.05) is 12.1 Å². The Bertz CT molecular complexity index is 409. The first-order valence-corrected chi connectivity index (χ1v) is 5.70. The van der Waals surface area contributed by atoms with Crippen LogP contribution < -0.4 is 10.1 Å².